The van der Waals surface area contributed by atoms with Crippen molar-refractivity contribution < 1.29 is 10.2 Å². The van der Waals surface area contributed by atoms with Gasteiger partial charge in [0.05, 0.1) is 0 Å². The highest BCUT2D eigenvalue weighted by Gasteiger charge is 2.22. The maximum absolute atomic E-state index is 9.89. The van der Waals surface area contributed by atoms with Crippen LogP contribution in [0.4, 0.5) is 0 Å². The molecule has 0 bridgehead atoms. The number of aromatic hydroxyl groups is 2. The van der Waals surface area contributed by atoms with Gasteiger partial charge in [-0.1, -0.05) is 32.3 Å². The zero-order valence-electron chi connectivity index (χ0n) is 11.9. The average molecular weight is 263 g/mol. The Morgan fingerprint density at radius 3 is 2.79 bits per heavy atom. The molecule has 0 amide bonds. The molecule has 0 radical (unpaired) electrons. The lowest BCUT2D eigenvalue weighted by molar-refractivity contribution is 0.264. The Morgan fingerprint density at radius 1 is 1.32 bits per heavy atom. The van der Waals surface area contributed by atoms with Crippen LogP contribution in [-0.4, -0.2) is 16.3 Å². The molecule has 1 fully saturated rings. The van der Waals surface area contributed by atoms with Gasteiger partial charge in [-0.25, -0.2) is 0 Å². The molecule has 106 valence electrons. The monoisotopic (exact) mass is 263 g/mol. The van der Waals surface area contributed by atoms with Crippen molar-refractivity contribution in [2.45, 2.75) is 58.0 Å². The molecule has 19 heavy (non-hydrogen) atoms. The first-order valence-corrected chi connectivity index (χ1v) is 7.38. The van der Waals surface area contributed by atoms with Crippen LogP contribution in [0.5, 0.6) is 11.5 Å². The van der Waals surface area contributed by atoms with Crippen LogP contribution in [0.15, 0.2) is 18.2 Å². The van der Waals surface area contributed by atoms with Crippen molar-refractivity contribution >= 4 is 0 Å². The summed E-state index contributed by atoms with van der Waals surface area (Å²) in [6, 6.07) is 5.48. The summed E-state index contributed by atoms with van der Waals surface area (Å²) in [4.78, 5) is 0. The molecule has 0 heterocycles. The van der Waals surface area contributed by atoms with Crippen LogP contribution in [0.3, 0.4) is 0 Å². The molecule has 1 aliphatic rings. The van der Waals surface area contributed by atoms with Crippen molar-refractivity contribution in [3.63, 3.8) is 0 Å². The van der Waals surface area contributed by atoms with Crippen LogP contribution in [0.25, 0.3) is 0 Å². The third-order valence-electron chi connectivity index (χ3n) is 4.33. The van der Waals surface area contributed by atoms with Crippen LogP contribution in [-0.2, 0) is 0 Å². The Bertz CT molecular complexity index is 419. The van der Waals surface area contributed by atoms with Gasteiger partial charge in [0.25, 0.3) is 0 Å². The molecule has 1 aromatic carbocycles. The Hall–Kier alpha value is -1.22. The minimum absolute atomic E-state index is 0.108. The van der Waals surface area contributed by atoms with E-state index in [9.17, 15) is 10.2 Å². The van der Waals surface area contributed by atoms with Crippen LogP contribution in [0, 0.1) is 5.92 Å². The van der Waals surface area contributed by atoms with Crippen molar-refractivity contribution in [3.8, 4) is 11.5 Å². The highest BCUT2D eigenvalue weighted by Crippen LogP contribution is 2.31. The molecule has 1 saturated carbocycles. The molecule has 3 nitrogen and oxygen atoms in total. The van der Waals surface area contributed by atoms with Gasteiger partial charge in [0, 0.05) is 23.7 Å². The van der Waals surface area contributed by atoms with Crippen LogP contribution < -0.4 is 5.32 Å². The van der Waals surface area contributed by atoms with Gasteiger partial charge < -0.3 is 15.5 Å². The van der Waals surface area contributed by atoms with Gasteiger partial charge in [0.15, 0.2) is 0 Å². The predicted octanol–water partition coefficient (Wildman–Crippen LogP) is 3.72. The lowest BCUT2D eigenvalue weighted by Gasteiger charge is -2.31. The van der Waals surface area contributed by atoms with Crippen molar-refractivity contribution in [2.24, 2.45) is 5.92 Å². The molecule has 0 aliphatic heterocycles. The van der Waals surface area contributed by atoms with Gasteiger partial charge in [-0.3, -0.25) is 0 Å². The fraction of sp³-hybridized carbons (Fsp3) is 0.625. The number of benzene rings is 1. The molecule has 3 heteroatoms. The summed E-state index contributed by atoms with van der Waals surface area (Å²) in [6.07, 6.45) is 6.37. The number of hydrogen-bond acceptors (Lipinski definition) is 3. The molecule has 3 unspecified atom stereocenters. The molecule has 1 aliphatic carbocycles. The Kier molecular flexibility index (Phi) is 4.70. The maximum Gasteiger partial charge on any atom is 0.124 e. The zero-order chi connectivity index (χ0) is 13.8. The smallest absolute Gasteiger partial charge is 0.124 e. The quantitative estimate of drug-likeness (QED) is 0.776. The number of phenolic OH excluding ortho intramolecular Hbond substituents is 2. The summed E-state index contributed by atoms with van der Waals surface area (Å²) in [5.74, 6) is 1.12. The maximum atomic E-state index is 9.89. The van der Waals surface area contributed by atoms with Crippen molar-refractivity contribution in [2.75, 3.05) is 0 Å². The van der Waals surface area contributed by atoms with Gasteiger partial charge in [0.1, 0.15) is 11.5 Å². The molecule has 0 saturated heterocycles. The van der Waals surface area contributed by atoms with Gasteiger partial charge in [0.2, 0.25) is 0 Å². The molecule has 1 aromatic rings. The number of hydrogen-bond donors (Lipinski definition) is 3. The van der Waals surface area contributed by atoms with Crippen molar-refractivity contribution in [1.82, 2.24) is 5.32 Å². The van der Waals surface area contributed by atoms with E-state index >= 15 is 0 Å². The minimum Gasteiger partial charge on any atom is -0.508 e. The first-order valence-electron chi connectivity index (χ1n) is 7.38. The average Bonchev–Trinajstić information content (AvgIpc) is 2.38. The molecule has 0 spiro atoms. The second-order valence-corrected chi connectivity index (χ2v) is 5.77. The van der Waals surface area contributed by atoms with Crippen LogP contribution >= 0.6 is 0 Å². The summed E-state index contributed by atoms with van der Waals surface area (Å²) >= 11 is 0. The molecule has 3 N–H and O–H groups in total. The van der Waals surface area contributed by atoms with Crippen molar-refractivity contribution in [1.29, 1.82) is 0 Å². The third-order valence-corrected chi connectivity index (χ3v) is 4.33. The van der Waals surface area contributed by atoms with Gasteiger partial charge in [-0.15, -0.1) is 0 Å². The van der Waals surface area contributed by atoms with E-state index < -0.39 is 0 Å². The normalized spacial score (nSPS) is 25.2. The summed E-state index contributed by atoms with van der Waals surface area (Å²) in [5.41, 5.74) is 0.858. The van der Waals surface area contributed by atoms with E-state index in [4.69, 9.17) is 0 Å². The van der Waals surface area contributed by atoms with E-state index in [2.05, 4.69) is 19.2 Å². The minimum atomic E-state index is 0.108. The van der Waals surface area contributed by atoms with Crippen LogP contribution in [0.2, 0.25) is 0 Å². The molecular weight excluding hydrogens is 238 g/mol. The molecule has 0 aromatic heterocycles. The van der Waals surface area contributed by atoms with E-state index in [0.29, 0.717) is 6.04 Å². The Morgan fingerprint density at radius 2 is 2.11 bits per heavy atom. The summed E-state index contributed by atoms with van der Waals surface area (Å²) in [6.45, 7) is 4.34. The largest absolute Gasteiger partial charge is 0.508 e. The fourth-order valence-electron chi connectivity index (χ4n) is 3.15. The standard InChI is InChI=1S/C16H25NO2/c1-3-12-5-4-6-13(9-12)17-11(2)15-8-7-14(18)10-16(15)19/h7-8,10-13,17-19H,3-6,9H2,1-2H3. The molecule has 3 atom stereocenters. The first-order chi connectivity index (χ1) is 9.10. The molecular formula is C16H25NO2. The van der Waals surface area contributed by atoms with E-state index in [1.807, 2.05) is 0 Å². The zero-order valence-corrected chi connectivity index (χ0v) is 11.9. The SMILES string of the molecule is CCC1CCCC(NC(C)c2ccc(O)cc2O)C1. The Balaban J connectivity index is 1.98. The van der Waals surface area contributed by atoms with E-state index in [1.165, 1.54) is 38.2 Å². The second kappa shape index (κ2) is 6.29. The van der Waals surface area contributed by atoms with Crippen molar-refractivity contribution in [3.05, 3.63) is 23.8 Å². The van der Waals surface area contributed by atoms with Crippen LogP contribution in [0.1, 0.15) is 57.6 Å². The van der Waals surface area contributed by atoms with E-state index in [0.717, 1.165) is 11.5 Å². The van der Waals surface area contributed by atoms with E-state index in [1.54, 1.807) is 12.1 Å². The highest BCUT2D eigenvalue weighted by molar-refractivity contribution is 5.40. The number of nitrogens with one attached hydrogen (secondary N) is 1. The fourth-order valence-corrected chi connectivity index (χ4v) is 3.15. The first kappa shape index (κ1) is 14.2. The predicted molar refractivity (Wildman–Crippen MR) is 77.4 cm³/mol. The van der Waals surface area contributed by atoms with Gasteiger partial charge in [-0.05, 0) is 31.7 Å². The summed E-state index contributed by atoms with van der Waals surface area (Å²) in [5, 5.41) is 22.8. The second-order valence-electron chi connectivity index (χ2n) is 5.77. The summed E-state index contributed by atoms with van der Waals surface area (Å²) < 4.78 is 0. The third kappa shape index (κ3) is 3.63. The highest BCUT2D eigenvalue weighted by atomic mass is 16.3. The topological polar surface area (TPSA) is 52.5 Å². The molecule has 2 rings (SSSR count). The number of phenols is 2. The van der Waals surface area contributed by atoms with Gasteiger partial charge in [-0.2, -0.15) is 0 Å². The Labute approximate surface area is 115 Å². The van der Waals surface area contributed by atoms with Gasteiger partial charge >= 0.3 is 0 Å². The number of rotatable bonds is 4. The summed E-state index contributed by atoms with van der Waals surface area (Å²) in [7, 11) is 0. The van der Waals surface area contributed by atoms with E-state index in [-0.39, 0.29) is 17.5 Å². The lowest BCUT2D eigenvalue weighted by Crippen LogP contribution is -2.35. The lowest BCUT2D eigenvalue weighted by atomic mass is 9.84.